The number of rotatable bonds is 6. The summed E-state index contributed by atoms with van der Waals surface area (Å²) in [7, 11) is 0. The molecule has 2 aromatic carbocycles. The van der Waals surface area contributed by atoms with Crippen LogP contribution in [0.3, 0.4) is 0 Å². The second kappa shape index (κ2) is 9.70. The first-order valence-electron chi connectivity index (χ1n) is 10.6. The van der Waals surface area contributed by atoms with Crippen molar-refractivity contribution in [3.63, 3.8) is 0 Å². The highest BCUT2D eigenvalue weighted by atomic mass is 19.1. The smallest absolute Gasteiger partial charge is 0.255 e. The fraction of sp³-hybridized carbons (Fsp3) is 0.240. The van der Waals surface area contributed by atoms with Crippen molar-refractivity contribution in [1.29, 1.82) is 0 Å². The minimum Gasteiger partial charge on any atom is -0.336 e. The van der Waals surface area contributed by atoms with E-state index in [9.17, 15) is 14.0 Å². The fourth-order valence-corrected chi connectivity index (χ4v) is 4.07. The van der Waals surface area contributed by atoms with E-state index in [2.05, 4.69) is 10.3 Å². The van der Waals surface area contributed by atoms with Gasteiger partial charge in [-0.15, -0.1) is 0 Å². The summed E-state index contributed by atoms with van der Waals surface area (Å²) in [6, 6.07) is 16.2. The first-order valence-corrected chi connectivity index (χ1v) is 10.6. The Balaban J connectivity index is 1.38. The van der Waals surface area contributed by atoms with Gasteiger partial charge in [-0.05, 0) is 60.4 Å². The number of amides is 2. The third-order valence-corrected chi connectivity index (χ3v) is 5.74. The van der Waals surface area contributed by atoms with Gasteiger partial charge < -0.3 is 16.0 Å². The molecule has 1 aliphatic rings. The normalized spacial score (nSPS) is 16.6. The number of halogens is 1. The van der Waals surface area contributed by atoms with Gasteiger partial charge in [-0.25, -0.2) is 4.39 Å². The largest absolute Gasteiger partial charge is 0.336 e. The van der Waals surface area contributed by atoms with Crippen molar-refractivity contribution in [3.05, 3.63) is 95.6 Å². The molecule has 0 aliphatic carbocycles. The van der Waals surface area contributed by atoms with Gasteiger partial charge in [0, 0.05) is 42.7 Å². The molecule has 164 valence electrons. The molecular formula is C25H25FN4O2. The molecule has 3 aromatic rings. The number of hydrogen-bond donors (Lipinski definition) is 2. The molecule has 0 spiro atoms. The van der Waals surface area contributed by atoms with Crippen LogP contribution in [0.25, 0.3) is 0 Å². The number of anilines is 1. The monoisotopic (exact) mass is 432 g/mol. The quantitative estimate of drug-likeness (QED) is 0.610. The number of likely N-dealkylation sites (tertiary alicyclic amines) is 1. The average molecular weight is 432 g/mol. The van der Waals surface area contributed by atoms with Gasteiger partial charge in [-0.2, -0.15) is 0 Å². The van der Waals surface area contributed by atoms with Gasteiger partial charge in [0.15, 0.2) is 0 Å². The summed E-state index contributed by atoms with van der Waals surface area (Å²) in [5.41, 5.74) is 9.06. The Labute approximate surface area is 186 Å². The molecular weight excluding hydrogens is 407 g/mol. The maximum atomic E-state index is 13.6. The lowest BCUT2D eigenvalue weighted by molar-refractivity contribution is -0.132. The molecule has 2 amide bonds. The van der Waals surface area contributed by atoms with Crippen LogP contribution in [0, 0.1) is 5.82 Å². The highest BCUT2D eigenvalue weighted by Gasteiger charge is 2.31. The highest BCUT2D eigenvalue weighted by Crippen LogP contribution is 2.33. The van der Waals surface area contributed by atoms with Gasteiger partial charge in [0.25, 0.3) is 5.91 Å². The van der Waals surface area contributed by atoms with Gasteiger partial charge in [-0.3, -0.25) is 14.6 Å². The van der Waals surface area contributed by atoms with Crippen LogP contribution >= 0.6 is 0 Å². The van der Waals surface area contributed by atoms with Crippen LogP contribution in [-0.4, -0.2) is 28.2 Å². The van der Waals surface area contributed by atoms with Gasteiger partial charge in [0.05, 0.1) is 6.04 Å². The molecule has 1 aromatic heterocycles. The Bertz CT molecular complexity index is 1090. The molecule has 0 radical (unpaired) electrons. The lowest BCUT2D eigenvalue weighted by atomic mass is 10.0. The van der Waals surface area contributed by atoms with Crippen LogP contribution in [0.1, 0.15) is 52.8 Å². The van der Waals surface area contributed by atoms with E-state index in [-0.39, 0.29) is 30.1 Å². The van der Waals surface area contributed by atoms with Crippen LogP contribution in [0.2, 0.25) is 0 Å². The predicted octanol–water partition coefficient (Wildman–Crippen LogP) is 4.23. The van der Waals surface area contributed by atoms with Gasteiger partial charge in [-0.1, -0.05) is 24.3 Å². The Morgan fingerprint density at radius 3 is 2.59 bits per heavy atom. The number of pyridine rings is 1. The number of benzene rings is 2. The van der Waals surface area contributed by atoms with Crippen LogP contribution in [0.5, 0.6) is 0 Å². The highest BCUT2D eigenvalue weighted by molar-refractivity contribution is 6.04. The fourth-order valence-electron chi connectivity index (χ4n) is 4.07. The Morgan fingerprint density at radius 2 is 1.88 bits per heavy atom. The summed E-state index contributed by atoms with van der Waals surface area (Å²) in [4.78, 5) is 31.1. The van der Waals surface area contributed by atoms with Gasteiger partial charge >= 0.3 is 0 Å². The number of nitrogens with one attached hydrogen (secondary N) is 1. The van der Waals surface area contributed by atoms with Crippen molar-refractivity contribution in [2.45, 2.75) is 31.3 Å². The van der Waals surface area contributed by atoms with E-state index in [0.29, 0.717) is 17.8 Å². The summed E-state index contributed by atoms with van der Waals surface area (Å²) in [6.07, 6.45) is 5.05. The maximum absolute atomic E-state index is 13.6. The van der Waals surface area contributed by atoms with Crippen LogP contribution in [0.4, 0.5) is 10.1 Å². The Kier molecular flexibility index (Phi) is 6.56. The van der Waals surface area contributed by atoms with Crippen molar-refractivity contribution in [1.82, 2.24) is 9.88 Å². The summed E-state index contributed by atoms with van der Waals surface area (Å²) in [5.74, 6) is -0.585. The van der Waals surface area contributed by atoms with Crippen molar-refractivity contribution < 1.29 is 14.0 Å². The lowest BCUT2D eigenvalue weighted by Crippen LogP contribution is -2.33. The SMILES string of the molecule is N[C@@H](CC(=O)N1CCC[C@H]1c1cccc(F)c1)c1ccc(C(=O)Nc2ccncc2)cc1. The van der Waals surface area contributed by atoms with E-state index in [1.54, 1.807) is 59.8 Å². The Morgan fingerprint density at radius 1 is 1.12 bits per heavy atom. The molecule has 4 rings (SSSR count). The zero-order chi connectivity index (χ0) is 22.5. The second-order valence-corrected chi connectivity index (χ2v) is 7.92. The van der Waals surface area contributed by atoms with E-state index >= 15 is 0 Å². The van der Waals surface area contributed by atoms with Crippen LogP contribution < -0.4 is 11.1 Å². The third kappa shape index (κ3) is 5.00. The first kappa shape index (κ1) is 21.6. The molecule has 0 unspecified atom stereocenters. The molecule has 3 N–H and O–H groups in total. The number of carbonyl (C=O) groups is 2. The number of aromatic nitrogens is 1. The molecule has 6 nitrogen and oxygen atoms in total. The van der Waals surface area contributed by atoms with Crippen molar-refractivity contribution in [3.8, 4) is 0 Å². The summed E-state index contributed by atoms with van der Waals surface area (Å²) < 4.78 is 13.6. The van der Waals surface area contributed by atoms with E-state index in [1.165, 1.54) is 12.1 Å². The maximum Gasteiger partial charge on any atom is 0.255 e. The average Bonchev–Trinajstić information content (AvgIpc) is 3.30. The number of nitrogens with zero attached hydrogens (tertiary/aromatic N) is 2. The molecule has 2 heterocycles. The summed E-state index contributed by atoms with van der Waals surface area (Å²) >= 11 is 0. The minimum atomic E-state index is -0.492. The van der Waals surface area contributed by atoms with Crippen LogP contribution in [0.15, 0.2) is 73.1 Å². The topological polar surface area (TPSA) is 88.3 Å². The van der Waals surface area contributed by atoms with Crippen molar-refractivity contribution in [2.75, 3.05) is 11.9 Å². The second-order valence-electron chi connectivity index (χ2n) is 7.92. The molecule has 0 bridgehead atoms. The summed E-state index contributed by atoms with van der Waals surface area (Å²) in [6.45, 7) is 0.640. The molecule has 7 heteroatoms. The molecule has 0 saturated carbocycles. The van der Waals surface area contributed by atoms with E-state index in [4.69, 9.17) is 5.73 Å². The van der Waals surface area contributed by atoms with Gasteiger partial charge in [0.2, 0.25) is 5.91 Å². The van der Waals surface area contributed by atoms with E-state index in [1.807, 2.05) is 6.07 Å². The van der Waals surface area contributed by atoms with Crippen molar-refractivity contribution >= 4 is 17.5 Å². The Hall–Kier alpha value is -3.58. The molecule has 1 aliphatic heterocycles. The molecule has 1 saturated heterocycles. The standard InChI is InChI=1S/C25H25FN4O2/c26-20-4-1-3-19(15-20)23-5-2-14-30(23)24(31)16-22(27)17-6-8-18(9-7-17)25(32)29-21-10-12-28-13-11-21/h1,3-4,6-13,15,22-23H,2,5,14,16,27H2,(H,28,29,32)/t22-,23-/m0/s1. The number of nitrogens with two attached hydrogens (primary N) is 1. The number of hydrogen-bond acceptors (Lipinski definition) is 4. The summed E-state index contributed by atoms with van der Waals surface area (Å²) in [5, 5.41) is 2.80. The zero-order valence-electron chi connectivity index (χ0n) is 17.6. The van der Waals surface area contributed by atoms with E-state index < -0.39 is 6.04 Å². The first-order chi connectivity index (χ1) is 15.5. The predicted molar refractivity (Wildman–Crippen MR) is 120 cm³/mol. The minimum absolute atomic E-state index is 0.0521. The molecule has 2 atom stereocenters. The van der Waals surface area contributed by atoms with E-state index in [0.717, 1.165) is 24.0 Å². The van der Waals surface area contributed by atoms with Gasteiger partial charge in [0.1, 0.15) is 5.82 Å². The van der Waals surface area contributed by atoms with Crippen LogP contribution in [-0.2, 0) is 4.79 Å². The third-order valence-electron chi connectivity index (χ3n) is 5.74. The molecule has 1 fully saturated rings. The molecule has 32 heavy (non-hydrogen) atoms. The van der Waals surface area contributed by atoms with Crippen molar-refractivity contribution in [2.24, 2.45) is 5.73 Å². The zero-order valence-corrected chi connectivity index (χ0v) is 17.6. The number of carbonyl (C=O) groups excluding carboxylic acids is 2. The lowest BCUT2D eigenvalue weighted by Gasteiger charge is -2.26.